The molecule has 0 aliphatic heterocycles. The van der Waals surface area contributed by atoms with Crippen LogP contribution in [0.3, 0.4) is 0 Å². The van der Waals surface area contributed by atoms with Crippen LogP contribution in [0.15, 0.2) is 73.2 Å². The van der Waals surface area contributed by atoms with Crippen molar-refractivity contribution >= 4 is 23.6 Å². The molecule has 0 saturated heterocycles. The third-order valence-electron chi connectivity index (χ3n) is 4.98. The van der Waals surface area contributed by atoms with Gasteiger partial charge in [0, 0.05) is 47.9 Å². The third kappa shape index (κ3) is 5.12. The number of carbonyl (C=O) groups is 1. The van der Waals surface area contributed by atoms with Gasteiger partial charge in [0.1, 0.15) is 12.2 Å². The Labute approximate surface area is 191 Å². The normalized spacial score (nSPS) is 11.2. The lowest BCUT2D eigenvalue weighted by molar-refractivity contribution is -0.116. The van der Waals surface area contributed by atoms with E-state index in [0.29, 0.717) is 18.0 Å². The quantitative estimate of drug-likeness (QED) is 0.412. The molecule has 32 heavy (non-hydrogen) atoms. The first-order chi connectivity index (χ1) is 15.6. The minimum absolute atomic E-state index is 0.179. The Morgan fingerprint density at radius 1 is 1.12 bits per heavy atom. The minimum atomic E-state index is -0.179. The number of nitrogens with one attached hydrogen (secondary N) is 1. The Bertz CT molecular complexity index is 1210. The average Bonchev–Trinajstić information content (AvgIpc) is 3.46. The molecule has 8 heteroatoms. The van der Waals surface area contributed by atoms with Gasteiger partial charge in [-0.15, -0.1) is 10.2 Å². The molecular weight excluding hydrogens is 424 g/mol. The second kappa shape index (κ2) is 10.1. The van der Waals surface area contributed by atoms with Crippen molar-refractivity contribution in [2.45, 2.75) is 19.9 Å². The van der Waals surface area contributed by atoms with Crippen molar-refractivity contribution in [3.05, 3.63) is 89.6 Å². The van der Waals surface area contributed by atoms with Crippen molar-refractivity contribution in [2.24, 2.45) is 0 Å². The zero-order valence-electron chi connectivity index (χ0n) is 17.6. The van der Waals surface area contributed by atoms with Crippen molar-refractivity contribution in [2.75, 3.05) is 6.54 Å². The van der Waals surface area contributed by atoms with Gasteiger partial charge in [-0.2, -0.15) is 5.10 Å². The summed E-state index contributed by atoms with van der Waals surface area (Å²) in [5.41, 5.74) is 3.46. The molecule has 0 spiro atoms. The van der Waals surface area contributed by atoms with Crippen LogP contribution in [0.25, 0.3) is 23.0 Å². The molecule has 2 aromatic heterocycles. The first-order valence-corrected chi connectivity index (χ1v) is 10.8. The number of hydrogen-bond acceptors (Lipinski definition) is 4. The summed E-state index contributed by atoms with van der Waals surface area (Å²) in [7, 11) is 0. The number of rotatable bonds is 8. The van der Waals surface area contributed by atoms with E-state index in [0.717, 1.165) is 34.9 Å². The van der Waals surface area contributed by atoms with Crippen LogP contribution in [-0.4, -0.2) is 37.0 Å². The largest absolute Gasteiger partial charge is 0.352 e. The molecule has 0 atom stereocenters. The zero-order valence-corrected chi connectivity index (χ0v) is 18.4. The summed E-state index contributed by atoms with van der Waals surface area (Å²) < 4.78 is 3.76. The van der Waals surface area contributed by atoms with E-state index in [1.807, 2.05) is 72.3 Å². The van der Waals surface area contributed by atoms with Crippen molar-refractivity contribution in [3.63, 3.8) is 0 Å². The first kappa shape index (κ1) is 21.5. The van der Waals surface area contributed by atoms with Gasteiger partial charge in [0.25, 0.3) is 0 Å². The highest BCUT2D eigenvalue weighted by Crippen LogP contribution is 2.26. The third-order valence-corrected chi connectivity index (χ3v) is 5.23. The molecule has 162 valence electrons. The fraction of sp³-hybridized carbons (Fsp3) is 0.167. The van der Waals surface area contributed by atoms with Crippen LogP contribution in [0.4, 0.5) is 0 Å². The Balaban J connectivity index is 1.51. The zero-order chi connectivity index (χ0) is 22.3. The number of aryl methyl sites for hydroxylation is 1. The van der Waals surface area contributed by atoms with E-state index in [2.05, 4.69) is 15.5 Å². The number of benzene rings is 2. The summed E-state index contributed by atoms with van der Waals surface area (Å²) in [6.45, 7) is 3.31. The number of halogens is 1. The van der Waals surface area contributed by atoms with Crippen molar-refractivity contribution in [3.8, 4) is 16.9 Å². The van der Waals surface area contributed by atoms with Crippen LogP contribution in [0.1, 0.15) is 18.3 Å². The summed E-state index contributed by atoms with van der Waals surface area (Å²) in [4.78, 5) is 12.4. The summed E-state index contributed by atoms with van der Waals surface area (Å²) >= 11 is 6.04. The van der Waals surface area contributed by atoms with Gasteiger partial charge in [-0.05, 0) is 37.3 Å². The van der Waals surface area contributed by atoms with Crippen molar-refractivity contribution in [1.82, 2.24) is 29.9 Å². The van der Waals surface area contributed by atoms with E-state index in [4.69, 9.17) is 16.7 Å². The van der Waals surface area contributed by atoms with Crippen LogP contribution in [0, 0.1) is 0 Å². The smallest absolute Gasteiger partial charge is 0.244 e. The van der Waals surface area contributed by atoms with Crippen LogP contribution in [0.5, 0.6) is 0 Å². The van der Waals surface area contributed by atoms with Crippen molar-refractivity contribution < 1.29 is 4.79 Å². The maximum absolute atomic E-state index is 12.4. The van der Waals surface area contributed by atoms with Gasteiger partial charge in [-0.1, -0.05) is 41.9 Å². The number of hydrogen-bond donors (Lipinski definition) is 1. The van der Waals surface area contributed by atoms with Crippen LogP contribution in [0.2, 0.25) is 5.02 Å². The van der Waals surface area contributed by atoms with Crippen molar-refractivity contribution in [1.29, 1.82) is 0 Å². The molecule has 4 rings (SSSR count). The van der Waals surface area contributed by atoms with Gasteiger partial charge in [0.2, 0.25) is 5.91 Å². The van der Waals surface area contributed by atoms with Crippen LogP contribution < -0.4 is 5.32 Å². The number of para-hydroxylation sites is 1. The van der Waals surface area contributed by atoms with E-state index in [9.17, 15) is 4.79 Å². The number of carbonyl (C=O) groups excluding carboxylic acids is 1. The van der Waals surface area contributed by atoms with Gasteiger partial charge < -0.3 is 9.88 Å². The predicted octanol–water partition coefficient (Wildman–Crippen LogP) is 4.18. The molecule has 0 radical (unpaired) electrons. The molecule has 7 nitrogen and oxygen atoms in total. The number of nitrogens with zero attached hydrogens (tertiary/aromatic N) is 5. The minimum Gasteiger partial charge on any atom is -0.352 e. The molecule has 0 unspecified atom stereocenters. The van der Waals surface area contributed by atoms with Gasteiger partial charge in [-0.25, -0.2) is 4.68 Å². The summed E-state index contributed by atoms with van der Waals surface area (Å²) in [5.74, 6) is 0.674. The molecule has 1 N–H and O–H groups in total. The van der Waals surface area contributed by atoms with E-state index >= 15 is 0 Å². The number of aromatic nitrogens is 5. The average molecular weight is 447 g/mol. The molecule has 0 fully saturated rings. The lowest BCUT2D eigenvalue weighted by atomic mass is 10.1. The summed E-state index contributed by atoms with van der Waals surface area (Å²) in [5, 5.41) is 16.3. The Morgan fingerprint density at radius 2 is 1.91 bits per heavy atom. The highest BCUT2D eigenvalue weighted by molar-refractivity contribution is 6.30. The second-order valence-corrected chi connectivity index (χ2v) is 7.56. The molecule has 1 amide bonds. The molecular formula is C24H23ClN6O. The molecule has 0 saturated carbocycles. The first-order valence-electron chi connectivity index (χ1n) is 10.4. The van der Waals surface area contributed by atoms with Crippen LogP contribution in [-0.2, 0) is 17.8 Å². The van der Waals surface area contributed by atoms with E-state index in [-0.39, 0.29) is 5.91 Å². The van der Waals surface area contributed by atoms with Gasteiger partial charge in [0.05, 0.1) is 11.4 Å². The molecule has 4 aromatic rings. The highest BCUT2D eigenvalue weighted by atomic mass is 35.5. The van der Waals surface area contributed by atoms with Gasteiger partial charge >= 0.3 is 0 Å². The van der Waals surface area contributed by atoms with Crippen LogP contribution >= 0.6 is 11.6 Å². The second-order valence-electron chi connectivity index (χ2n) is 7.13. The predicted molar refractivity (Wildman–Crippen MR) is 125 cm³/mol. The van der Waals surface area contributed by atoms with Gasteiger partial charge in [-0.3, -0.25) is 4.79 Å². The fourth-order valence-electron chi connectivity index (χ4n) is 3.31. The number of amides is 1. The summed E-state index contributed by atoms with van der Waals surface area (Å²) in [6.07, 6.45) is 7.53. The lowest BCUT2D eigenvalue weighted by Gasteiger charge is -2.04. The topological polar surface area (TPSA) is 77.6 Å². The standard InChI is InChI=1S/C24H23ClN6O/c1-2-30-17-27-28-22(30)14-15-26-23(32)13-10-19-16-31(21-6-4-3-5-7-21)29-24(19)18-8-11-20(25)12-9-18/h3-13,16-17H,2,14-15H2,1H3,(H,26,32). The van der Waals surface area contributed by atoms with E-state index in [1.165, 1.54) is 6.08 Å². The van der Waals surface area contributed by atoms with E-state index in [1.54, 1.807) is 17.1 Å². The Hall–Kier alpha value is -3.71. The maximum atomic E-state index is 12.4. The molecule has 2 heterocycles. The highest BCUT2D eigenvalue weighted by Gasteiger charge is 2.11. The molecule has 0 aliphatic carbocycles. The fourth-order valence-corrected chi connectivity index (χ4v) is 3.44. The lowest BCUT2D eigenvalue weighted by Crippen LogP contribution is -2.24. The maximum Gasteiger partial charge on any atom is 0.244 e. The Kier molecular flexibility index (Phi) is 6.77. The molecule has 2 aromatic carbocycles. The monoisotopic (exact) mass is 446 g/mol. The molecule has 0 bridgehead atoms. The van der Waals surface area contributed by atoms with Gasteiger partial charge in [0.15, 0.2) is 0 Å². The Morgan fingerprint density at radius 3 is 2.66 bits per heavy atom. The van der Waals surface area contributed by atoms with E-state index < -0.39 is 0 Å². The SMILES string of the molecule is CCn1cnnc1CCNC(=O)C=Cc1cn(-c2ccccc2)nc1-c1ccc(Cl)cc1. The molecule has 0 aliphatic rings. The summed E-state index contributed by atoms with van der Waals surface area (Å²) in [6, 6.07) is 17.3.